The molecule has 4 aromatic rings. The van der Waals surface area contributed by atoms with Crippen molar-refractivity contribution in [3.63, 3.8) is 0 Å². The van der Waals surface area contributed by atoms with E-state index in [0.29, 0.717) is 23.7 Å². The molecule has 0 radical (unpaired) electrons. The highest BCUT2D eigenvalue weighted by atomic mass is 32.1. The summed E-state index contributed by atoms with van der Waals surface area (Å²) in [5, 5.41) is 17.4. The molecule has 3 aromatic carbocycles. The lowest BCUT2D eigenvalue weighted by molar-refractivity contribution is 0.102. The van der Waals surface area contributed by atoms with Gasteiger partial charge in [0, 0.05) is 18.2 Å². The number of ether oxygens (including phenoxy) is 2. The van der Waals surface area contributed by atoms with Crippen LogP contribution in [0.4, 0.5) is 17.1 Å². The Balaban J connectivity index is 1.65. The molecule has 1 amide bonds. The lowest BCUT2D eigenvalue weighted by Crippen LogP contribution is -2.15. The molecular weight excluding hydrogens is 426 g/mol. The summed E-state index contributed by atoms with van der Waals surface area (Å²) in [5.74, 6) is 0.123. The van der Waals surface area contributed by atoms with E-state index in [1.165, 1.54) is 0 Å². The van der Waals surface area contributed by atoms with E-state index in [9.17, 15) is 9.90 Å². The number of thiophene rings is 1. The maximum atomic E-state index is 13.0. The van der Waals surface area contributed by atoms with Gasteiger partial charge >= 0.3 is 0 Å². The second kappa shape index (κ2) is 9.59. The van der Waals surface area contributed by atoms with E-state index in [0.717, 1.165) is 21.3 Å². The van der Waals surface area contributed by atoms with Crippen molar-refractivity contribution < 1.29 is 19.4 Å². The average molecular weight is 450 g/mol. The molecule has 7 nitrogen and oxygen atoms in total. The van der Waals surface area contributed by atoms with Crippen LogP contribution in [-0.4, -0.2) is 25.2 Å². The quantitative estimate of drug-likeness (QED) is 0.211. The number of aromatic hydroxyl groups is 1. The monoisotopic (exact) mass is 449 g/mol. The van der Waals surface area contributed by atoms with Crippen molar-refractivity contribution in [2.24, 2.45) is 0 Å². The fourth-order valence-electron chi connectivity index (χ4n) is 3.33. The third kappa shape index (κ3) is 4.46. The first kappa shape index (κ1) is 21.5. The molecule has 0 aliphatic rings. The fourth-order valence-corrected chi connectivity index (χ4v) is 4.13. The van der Waals surface area contributed by atoms with Gasteiger partial charge in [-0.1, -0.05) is 24.3 Å². The van der Waals surface area contributed by atoms with Crippen molar-refractivity contribution >= 4 is 45.1 Å². The predicted octanol–water partition coefficient (Wildman–Crippen LogP) is 5.45. The number of methoxy groups -OCH3 is 2. The van der Waals surface area contributed by atoms with Gasteiger partial charge in [-0.15, -0.1) is 11.3 Å². The number of hydrogen-bond donors (Lipinski definition) is 4. The number of nitrogens with one attached hydrogen (secondary N) is 3. The highest BCUT2D eigenvalue weighted by molar-refractivity contribution is 7.10. The Morgan fingerprint density at radius 3 is 2.56 bits per heavy atom. The number of phenolic OH excluding ortho intramolecular Hbond substituents is 1. The Kier molecular flexibility index (Phi) is 6.44. The second-order valence-electron chi connectivity index (χ2n) is 6.99. The van der Waals surface area contributed by atoms with Crippen LogP contribution in [0.2, 0.25) is 0 Å². The Morgan fingerprint density at radius 1 is 1.03 bits per heavy atom. The fraction of sp³-hybridized carbons (Fsp3) is 0.125. The molecule has 0 unspecified atom stereocenters. The maximum Gasteiger partial charge on any atom is 0.259 e. The van der Waals surface area contributed by atoms with E-state index in [1.807, 2.05) is 35.7 Å². The Labute approximate surface area is 189 Å². The number of rotatable bonds is 8. The number of hydrazine groups is 1. The molecule has 0 fully saturated rings. The molecule has 1 aromatic heterocycles. The highest BCUT2D eigenvalue weighted by Crippen LogP contribution is 2.37. The van der Waals surface area contributed by atoms with E-state index in [4.69, 9.17) is 9.47 Å². The van der Waals surface area contributed by atoms with Gasteiger partial charge in [-0.05, 0) is 47.2 Å². The van der Waals surface area contributed by atoms with Crippen LogP contribution in [0, 0.1) is 0 Å². The zero-order valence-electron chi connectivity index (χ0n) is 17.6. The van der Waals surface area contributed by atoms with Gasteiger partial charge in [0.15, 0.2) is 5.75 Å². The summed E-state index contributed by atoms with van der Waals surface area (Å²) in [6, 6.07) is 18.1. The topological polar surface area (TPSA) is 91.9 Å². The van der Waals surface area contributed by atoms with Crippen LogP contribution in [0.25, 0.3) is 10.8 Å². The third-order valence-corrected chi connectivity index (χ3v) is 5.85. The van der Waals surface area contributed by atoms with Crippen LogP contribution >= 0.6 is 11.3 Å². The molecular formula is C24H23N3O4S. The minimum Gasteiger partial charge on any atom is -0.505 e. The summed E-state index contributed by atoms with van der Waals surface area (Å²) in [5.41, 5.74) is 8.23. The van der Waals surface area contributed by atoms with Crippen LogP contribution in [0.5, 0.6) is 11.5 Å². The first-order chi connectivity index (χ1) is 15.6. The second-order valence-corrected chi connectivity index (χ2v) is 7.99. The minimum absolute atomic E-state index is 0.147. The van der Waals surface area contributed by atoms with E-state index in [2.05, 4.69) is 16.2 Å². The molecule has 0 aliphatic carbocycles. The molecule has 0 bridgehead atoms. The standard InChI is InChI=1S/C24H23N3O4S/c1-30-14-21-20(11-12-32-21)26-27-22-18-6-4-3-5-15(18)13-19(23(22)28)24(29)25-16-7-9-17(31-2)10-8-16/h3-13,26-28H,14H2,1-2H3,(H,25,29). The van der Waals surface area contributed by atoms with Crippen molar-refractivity contribution in [2.45, 2.75) is 6.61 Å². The first-order valence-corrected chi connectivity index (χ1v) is 10.8. The Morgan fingerprint density at radius 2 is 1.81 bits per heavy atom. The Hall–Kier alpha value is -3.75. The van der Waals surface area contributed by atoms with Crippen molar-refractivity contribution in [1.82, 2.24) is 0 Å². The number of fused-ring (bicyclic) bond motifs is 1. The van der Waals surface area contributed by atoms with Crippen LogP contribution in [0.15, 0.2) is 66.0 Å². The van der Waals surface area contributed by atoms with Gasteiger partial charge in [0.05, 0.1) is 29.8 Å². The van der Waals surface area contributed by atoms with Crippen LogP contribution in [-0.2, 0) is 11.3 Å². The number of carbonyl (C=O) groups excluding carboxylic acids is 1. The SMILES string of the molecule is COCc1sccc1NNc1c(O)c(C(=O)Nc2ccc(OC)cc2)cc2ccccc12. The van der Waals surface area contributed by atoms with E-state index >= 15 is 0 Å². The van der Waals surface area contributed by atoms with Crippen molar-refractivity contribution in [2.75, 3.05) is 30.4 Å². The van der Waals surface area contributed by atoms with Crippen molar-refractivity contribution in [1.29, 1.82) is 0 Å². The zero-order chi connectivity index (χ0) is 22.5. The van der Waals surface area contributed by atoms with Crippen LogP contribution in [0.3, 0.4) is 0 Å². The van der Waals surface area contributed by atoms with E-state index in [1.54, 1.807) is 55.9 Å². The summed E-state index contributed by atoms with van der Waals surface area (Å²) in [6.45, 7) is 0.471. The summed E-state index contributed by atoms with van der Waals surface area (Å²) in [4.78, 5) is 14.0. The van der Waals surface area contributed by atoms with Crippen molar-refractivity contribution in [3.8, 4) is 11.5 Å². The Bertz CT molecular complexity index is 1240. The number of phenols is 1. The highest BCUT2D eigenvalue weighted by Gasteiger charge is 2.19. The molecule has 4 N–H and O–H groups in total. The van der Waals surface area contributed by atoms with Gasteiger partial charge in [0.25, 0.3) is 5.91 Å². The number of anilines is 3. The van der Waals surface area contributed by atoms with Crippen LogP contribution in [0.1, 0.15) is 15.2 Å². The number of benzene rings is 3. The molecule has 4 rings (SSSR count). The van der Waals surface area contributed by atoms with Crippen LogP contribution < -0.4 is 20.9 Å². The summed E-state index contributed by atoms with van der Waals surface area (Å²) < 4.78 is 10.4. The van der Waals surface area contributed by atoms with Crippen molar-refractivity contribution in [3.05, 3.63) is 76.5 Å². The summed E-state index contributed by atoms with van der Waals surface area (Å²) in [6.07, 6.45) is 0. The first-order valence-electron chi connectivity index (χ1n) is 9.88. The minimum atomic E-state index is -0.419. The van der Waals surface area contributed by atoms with Gasteiger partial charge < -0.3 is 19.9 Å². The molecule has 0 atom stereocenters. The molecule has 0 saturated carbocycles. The number of hydrogen-bond acceptors (Lipinski definition) is 7. The number of carbonyl (C=O) groups is 1. The molecule has 0 spiro atoms. The van der Waals surface area contributed by atoms with E-state index in [-0.39, 0.29) is 11.3 Å². The zero-order valence-corrected chi connectivity index (χ0v) is 18.5. The number of amides is 1. The molecule has 32 heavy (non-hydrogen) atoms. The third-order valence-electron chi connectivity index (χ3n) is 4.96. The summed E-state index contributed by atoms with van der Waals surface area (Å²) in [7, 11) is 3.22. The summed E-state index contributed by atoms with van der Waals surface area (Å²) >= 11 is 1.57. The average Bonchev–Trinajstić information content (AvgIpc) is 3.26. The van der Waals surface area contributed by atoms with E-state index < -0.39 is 5.91 Å². The van der Waals surface area contributed by atoms with Gasteiger partial charge in [-0.25, -0.2) is 0 Å². The predicted molar refractivity (Wildman–Crippen MR) is 129 cm³/mol. The van der Waals surface area contributed by atoms with Gasteiger partial charge in [-0.3, -0.25) is 15.6 Å². The lowest BCUT2D eigenvalue weighted by Gasteiger charge is -2.17. The molecule has 0 saturated heterocycles. The maximum absolute atomic E-state index is 13.0. The molecule has 164 valence electrons. The molecule has 8 heteroatoms. The molecule has 0 aliphatic heterocycles. The van der Waals surface area contributed by atoms with Gasteiger partial charge in [0.2, 0.25) is 0 Å². The van der Waals surface area contributed by atoms with Gasteiger partial charge in [0.1, 0.15) is 11.4 Å². The smallest absolute Gasteiger partial charge is 0.259 e. The normalized spacial score (nSPS) is 10.7. The largest absolute Gasteiger partial charge is 0.505 e. The van der Waals surface area contributed by atoms with Gasteiger partial charge in [-0.2, -0.15) is 0 Å². The lowest BCUT2D eigenvalue weighted by atomic mass is 10.0. The molecule has 1 heterocycles.